The minimum atomic E-state index is 0.0560. The molecule has 0 bridgehead atoms. The minimum Gasteiger partial charge on any atom is -0.325 e. The van der Waals surface area contributed by atoms with Crippen LogP contribution in [0, 0.1) is 13.8 Å². The zero-order valence-corrected chi connectivity index (χ0v) is 14.9. The lowest BCUT2D eigenvalue weighted by Gasteiger charge is -2.15. The summed E-state index contributed by atoms with van der Waals surface area (Å²) in [6.45, 7) is 5.35. The van der Waals surface area contributed by atoms with Gasteiger partial charge in [-0.25, -0.2) is 0 Å². The third kappa shape index (κ3) is 4.66. The normalized spacial score (nSPS) is 12.2. The van der Waals surface area contributed by atoms with Crippen molar-refractivity contribution in [1.82, 2.24) is 0 Å². The Labute approximate surface area is 138 Å². The Morgan fingerprint density at radius 3 is 2.48 bits per heavy atom. The van der Waals surface area contributed by atoms with Crippen LogP contribution in [0.4, 0.5) is 5.69 Å². The number of likely N-dealkylation sites (N-methyl/N-ethyl adjacent to an activating group) is 1. The summed E-state index contributed by atoms with van der Waals surface area (Å²) < 4.78 is 1.13. The number of nitrogens with one attached hydrogen (secondary N) is 2. The Bertz CT molecular complexity index is 619. The minimum absolute atomic E-state index is 0.0560. The molecular formula is C16H20BrN2OS+. The lowest BCUT2D eigenvalue weighted by Crippen LogP contribution is -3.08. The maximum Gasteiger partial charge on any atom is 0.279 e. The molecule has 21 heavy (non-hydrogen) atoms. The number of amides is 1. The quantitative estimate of drug-likeness (QED) is 0.836. The van der Waals surface area contributed by atoms with Crippen LogP contribution in [0.2, 0.25) is 0 Å². The molecule has 0 aliphatic carbocycles. The van der Waals surface area contributed by atoms with Gasteiger partial charge in [0, 0.05) is 5.69 Å². The van der Waals surface area contributed by atoms with E-state index in [9.17, 15) is 4.79 Å². The molecule has 1 aromatic carbocycles. The third-order valence-corrected chi connectivity index (χ3v) is 4.94. The molecule has 1 amide bonds. The fraction of sp³-hybridized carbons (Fsp3) is 0.312. The highest BCUT2D eigenvalue weighted by atomic mass is 79.9. The summed E-state index contributed by atoms with van der Waals surface area (Å²) in [5.74, 6) is 0.0560. The van der Waals surface area contributed by atoms with Crippen molar-refractivity contribution in [1.29, 1.82) is 0 Å². The molecule has 0 aliphatic rings. The van der Waals surface area contributed by atoms with Crippen LogP contribution in [0.3, 0.4) is 0 Å². The summed E-state index contributed by atoms with van der Waals surface area (Å²) in [5.41, 5.74) is 3.14. The fourth-order valence-corrected chi connectivity index (χ4v) is 3.87. The number of hydrogen-bond donors (Lipinski definition) is 2. The molecular weight excluding hydrogens is 348 g/mol. The Balaban J connectivity index is 1.92. The number of para-hydroxylation sites is 1. The van der Waals surface area contributed by atoms with Gasteiger partial charge >= 0.3 is 0 Å². The van der Waals surface area contributed by atoms with Gasteiger partial charge in [0.15, 0.2) is 6.54 Å². The number of aryl methyl sites for hydroxylation is 2. The predicted octanol–water partition coefficient (Wildman–Crippen LogP) is 2.78. The molecule has 2 rings (SSSR count). The lowest BCUT2D eigenvalue weighted by atomic mass is 10.1. The molecule has 2 N–H and O–H groups in total. The molecule has 2 aromatic rings. The predicted molar refractivity (Wildman–Crippen MR) is 92.0 cm³/mol. The Hall–Kier alpha value is -1.17. The van der Waals surface area contributed by atoms with E-state index in [-0.39, 0.29) is 5.91 Å². The molecule has 1 unspecified atom stereocenters. The second-order valence-electron chi connectivity index (χ2n) is 5.33. The first kappa shape index (κ1) is 16.2. The van der Waals surface area contributed by atoms with Crippen molar-refractivity contribution >= 4 is 38.9 Å². The summed E-state index contributed by atoms with van der Waals surface area (Å²) in [7, 11) is 2.04. The van der Waals surface area contributed by atoms with Crippen LogP contribution in [0.15, 0.2) is 34.1 Å². The molecule has 112 valence electrons. The van der Waals surface area contributed by atoms with E-state index in [1.54, 1.807) is 11.3 Å². The van der Waals surface area contributed by atoms with Crippen molar-refractivity contribution in [2.45, 2.75) is 20.4 Å². The van der Waals surface area contributed by atoms with Gasteiger partial charge in [-0.05, 0) is 53.0 Å². The summed E-state index contributed by atoms with van der Waals surface area (Å²) in [4.78, 5) is 14.6. The smallest absolute Gasteiger partial charge is 0.279 e. The van der Waals surface area contributed by atoms with Gasteiger partial charge in [-0.15, -0.1) is 11.3 Å². The van der Waals surface area contributed by atoms with Crippen molar-refractivity contribution in [3.8, 4) is 0 Å². The van der Waals surface area contributed by atoms with E-state index in [2.05, 4.69) is 27.3 Å². The number of anilines is 1. The van der Waals surface area contributed by atoms with Crippen molar-refractivity contribution in [3.63, 3.8) is 0 Å². The highest BCUT2D eigenvalue weighted by Gasteiger charge is 2.13. The van der Waals surface area contributed by atoms with Gasteiger partial charge in [0.05, 0.1) is 15.7 Å². The molecule has 0 saturated heterocycles. The van der Waals surface area contributed by atoms with Gasteiger partial charge in [-0.2, -0.15) is 0 Å². The molecule has 0 radical (unpaired) electrons. The Morgan fingerprint density at radius 2 is 1.90 bits per heavy atom. The van der Waals surface area contributed by atoms with Gasteiger partial charge in [0.1, 0.15) is 6.54 Å². The van der Waals surface area contributed by atoms with Crippen molar-refractivity contribution < 1.29 is 9.69 Å². The SMILES string of the molecule is Cc1cccc(C)c1NC(=O)C[NH+](C)Cc1ccc(Br)s1. The van der Waals surface area contributed by atoms with E-state index in [4.69, 9.17) is 0 Å². The van der Waals surface area contributed by atoms with Crippen LogP contribution >= 0.6 is 27.3 Å². The van der Waals surface area contributed by atoms with Crippen LogP contribution in [-0.4, -0.2) is 19.5 Å². The second-order valence-corrected chi connectivity index (χ2v) is 7.88. The number of carbonyl (C=O) groups is 1. The number of benzene rings is 1. The molecule has 0 fully saturated rings. The number of hydrogen-bond acceptors (Lipinski definition) is 2. The third-order valence-electron chi connectivity index (χ3n) is 3.31. The number of rotatable bonds is 5. The largest absolute Gasteiger partial charge is 0.325 e. The molecule has 1 aromatic heterocycles. The molecule has 1 atom stereocenters. The zero-order chi connectivity index (χ0) is 15.4. The van der Waals surface area contributed by atoms with Crippen molar-refractivity contribution in [3.05, 3.63) is 50.1 Å². The van der Waals surface area contributed by atoms with Gasteiger partial charge in [-0.1, -0.05) is 18.2 Å². The summed E-state index contributed by atoms with van der Waals surface area (Å²) >= 11 is 5.18. The van der Waals surface area contributed by atoms with Gasteiger partial charge < -0.3 is 10.2 Å². The number of halogens is 1. The summed E-state index contributed by atoms with van der Waals surface area (Å²) in [6.07, 6.45) is 0. The van der Waals surface area contributed by atoms with Crippen LogP contribution in [0.5, 0.6) is 0 Å². The Kier molecular flexibility index (Phi) is 5.56. The van der Waals surface area contributed by atoms with E-state index in [0.29, 0.717) is 6.54 Å². The summed E-state index contributed by atoms with van der Waals surface area (Å²) in [6, 6.07) is 10.2. The van der Waals surface area contributed by atoms with E-state index in [1.165, 1.54) is 9.78 Å². The second kappa shape index (κ2) is 7.20. The maximum absolute atomic E-state index is 12.2. The number of thiophene rings is 1. The molecule has 0 spiro atoms. The molecule has 1 heterocycles. The Morgan fingerprint density at radius 1 is 1.24 bits per heavy atom. The van der Waals surface area contributed by atoms with Gasteiger partial charge in [0.25, 0.3) is 5.91 Å². The first-order valence-corrected chi connectivity index (χ1v) is 8.48. The highest BCUT2D eigenvalue weighted by Crippen LogP contribution is 2.21. The fourth-order valence-electron chi connectivity index (χ4n) is 2.28. The topological polar surface area (TPSA) is 33.5 Å². The van der Waals surface area contributed by atoms with E-state index in [0.717, 1.165) is 27.1 Å². The molecule has 3 nitrogen and oxygen atoms in total. The van der Waals surface area contributed by atoms with Gasteiger partial charge in [0.2, 0.25) is 0 Å². The van der Waals surface area contributed by atoms with Crippen molar-refractivity contribution in [2.24, 2.45) is 0 Å². The first-order valence-electron chi connectivity index (χ1n) is 6.87. The van der Waals surface area contributed by atoms with Crippen molar-refractivity contribution in [2.75, 3.05) is 18.9 Å². The zero-order valence-electron chi connectivity index (χ0n) is 12.5. The monoisotopic (exact) mass is 367 g/mol. The average Bonchev–Trinajstić information content (AvgIpc) is 2.79. The van der Waals surface area contributed by atoms with E-state index >= 15 is 0 Å². The lowest BCUT2D eigenvalue weighted by molar-refractivity contribution is -0.884. The first-order chi connectivity index (χ1) is 9.95. The maximum atomic E-state index is 12.2. The van der Waals surface area contributed by atoms with Gasteiger partial charge in [-0.3, -0.25) is 4.79 Å². The van der Waals surface area contributed by atoms with E-state index < -0.39 is 0 Å². The average molecular weight is 368 g/mol. The summed E-state index contributed by atoms with van der Waals surface area (Å²) in [5, 5.41) is 3.03. The number of carbonyl (C=O) groups excluding carboxylic acids is 1. The number of quaternary nitrogens is 1. The molecule has 0 aliphatic heterocycles. The van der Waals surface area contributed by atoms with Crippen LogP contribution in [-0.2, 0) is 11.3 Å². The van der Waals surface area contributed by atoms with Crippen LogP contribution < -0.4 is 10.2 Å². The molecule has 5 heteroatoms. The standard InChI is InChI=1S/C16H19BrN2OS/c1-11-5-4-6-12(2)16(11)18-15(20)10-19(3)9-13-7-8-14(17)21-13/h4-8H,9-10H2,1-3H3,(H,18,20)/p+1. The highest BCUT2D eigenvalue weighted by molar-refractivity contribution is 9.11. The molecule has 0 saturated carbocycles. The van der Waals surface area contributed by atoms with Crippen LogP contribution in [0.25, 0.3) is 0 Å². The van der Waals surface area contributed by atoms with E-state index in [1.807, 2.05) is 45.2 Å². The van der Waals surface area contributed by atoms with Crippen LogP contribution in [0.1, 0.15) is 16.0 Å².